The number of aromatic nitrogens is 1. The van der Waals surface area contributed by atoms with Crippen LogP contribution in [0.2, 0.25) is 0 Å². The number of nitrogens with zero attached hydrogens (tertiary/aromatic N) is 1. The number of hydrogen-bond acceptors (Lipinski definition) is 5. The van der Waals surface area contributed by atoms with Crippen LogP contribution < -0.4 is 17.0 Å². The number of fused-ring (bicyclic) bond motifs is 1. The molecule has 0 fully saturated rings. The molecule has 2 aromatic rings. The Labute approximate surface area is 145 Å². The number of rotatable bonds is 4. The van der Waals surface area contributed by atoms with Crippen LogP contribution in [0.25, 0.3) is 10.9 Å². The van der Waals surface area contributed by atoms with E-state index in [1.807, 2.05) is 6.07 Å². The molecule has 0 saturated heterocycles. The number of ether oxygens (including phenoxy) is 1. The standard InChI is InChI=1S/C17H21N5O3/c1-16(2,3)17(14(23)22-20,25-15(19)24)7-11-9-21-12-6-4-5-10(8-18)13(11)12/h4-6,9,21H,7,20H2,1-3H3,(H2,19,24)(H,22,23). The molecule has 1 heterocycles. The van der Waals surface area contributed by atoms with Gasteiger partial charge in [-0.1, -0.05) is 26.8 Å². The average molecular weight is 343 g/mol. The van der Waals surface area contributed by atoms with Crippen LogP contribution in [-0.4, -0.2) is 22.6 Å². The van der Waals surface area contributed by atoms with Crippen LogP contribution in [0.3, 0.4) is 0 Å². The molecular weight excluding hydrogens is 322 g/mol. The maximum absolute atomic E-state index is 12.6. The summed E-state index contributed by atoms with van der Waals surface area (Å²) in [5.41, 5.74) is 6.65. The number of hydrogen-bond donors (Lipinski definition) is 4. The quantitative estimate of drug-likeness (QED) is 0.377. The Bertz CT molecular complexity index is 859. The molecule has 6 N–H and O–H groups in total. The van der Waals surface area contributed by atoms with Gasteiger partial charge in [-0.2, -0.15) is 5.26 Å². The molecule has 8 heteroatoms. The van der Waals surface area contributed by atoms with Crippen molar-refractivity contribution in [3.8, 4) is 6.07 Å². The van der Waals surface area contributed by atoms with E-state index in [9.17, 15) is 14.9 Å². The van der Waals surface area contributed by atoms with Gasteiger partial charge in [0.2, 0.25) is 5.60 Å². The Hall–Kier alpha value is -3.05. The van der Waals surface area contributed by atoms with Crippen molar-refractivity contribution >= 4 is 22.9 Å². The lowest BCUT2D eigenvalue weighted by Crippen LogP contribution is -2.61. The zero-order valence-electron chi connectivity index (χ0n) is 14.3. The van der Waals surface area contributed by atoms with Crippen molar-refractivity contribution in [2.24, 2.45) is 17.0 Å². The molecule has 25 heavy (non-hydrogen) atoms. The number of hydrazine groups is 1. The van der Waals surface area contributed by atoms with Crippen LogP contribution in [0.5, 0.6) is 0 Å². The molecule has 2 rings (SSSR count). The highest BCUT2D eigenvalue weighted by Gasteiger charge is 2.52. The summed E-state index contributed by atoms with van der Waals surface area (Å²) in [5.74, 6) is 4.66. The van der Waals surface area contributed by atoms with E-state index in [0.29, 0.717) is 16.5 Å². The minimum atomic E-state index is -1.65. The third-order valence-corrected chi connectivity index (χ3v) is 4.33. The van der Waals surface area contributed by atoms with E-state index in [-0.39, 0.29) is 6.42 Å². The van der Waals surface area contributed by atoms with Crippen LogP contribution >= 0.6 is 0 Å². The first-order valence-electron chi connectivity index (χ1n) is 7.65. The summed E-state index contributed by atoms with van der Waals surface area (Å²) in [6.07, 6.45) is 0.597. The largest absolute Gasteiger partial charge is 0.432 e. The van der Waals surface area contributed by atoms with Gasteiger partial charge in [0.1, 0.15) is 0 Å². The van der Waals surface area contributed by atoms with Crippen LogP contribution in [0, 0.1) is 16.7 Å². The van der Waals surface area contributed by atoms with Gasteiger partial charge in [0.15, 0.2) is 0 Å². The van der Waals surface area contributed by atoms with E-state index in [4.69, 9.17) is 16.3 Å². The van der Waals surface area contributed by atoms with Crippen molar-refractivity contribution in [3.05, 3.63) is 35.5 Å². The summed E-state index contributed by atoms with van der Waals surface area (Å²) in [6, 6.07) is 7.37. The number of amides is 2. The average Bonchev–Trinajstić information content (AvgIpc) is 2.94. The number of H-pyrrole nitrogens is 1. The highest BCUT2D eigenvalue weighted by Crippen LogP contribution is 2.39. The van der Waals surface area contributed by atoms with Gasteiger partial charge in [-0.25, -0.2) is 10.6 Å². The zero-order chi connectivity index (χ0) is 18.8. The molecular formula is C17H21N5O3. The van der Waals surface area contributed by atoms with Gasteiger partial charge in [0.05, 0.1) is 11.6 Å². The Balaban J connectivity index is 2.67. The molecule has 1 atom stereocenters. The molecule has 0 aliphatic heterocycles. The monoisotopic (exact) mass is 343 g/mol. The van der Waals surface area contributed by atoms with Gasteiger partial charge in [-0.3, -0.25) is 10.2 Å². The van der Waals surface area contributed by atoms with Crippen molar-refractivity contribution in [2.75, 3.05) is 0 Å². The number of aromatic amines is 1. The van der Waals surface area contributed by atoms with Crippen LogP contribution in [0.15, 0.2) is 24.4 Å². The molecule has 0 saturated carbocycles. The maximum atomic E-state index is 12.6. The first kappa shape index (κ1) is 18.3. The second kappa shape index (κ2) is 6.45. The number of benzene rings is 1. The minimum absolute atomic E-state index is 0.00116. The number of nitrogens with two attached hydrogens (primary N) is 2. The van der Waals surface area contributed by atoms with E-state index < -0.39 is 23.0 Å². The summed E-state index contributed by atoms with van der Waals surface area (Å²) in [7, 11) is 0. The van der Waals surface area contributed by atoms with Crippen molar-refractivity contribution in [3.63, 3.8) is 0 Å². The zero-order valence-corrected chi connectivity index (χ0v) is 14.3. The number of carbonyl (C=O) groups excluding carboxylic acids is 2. The molecule has 0 bridgehead atoms. The van der Waals surface area contributed by atoms with E-state index in [2.05, 4.69) is 16.5 Å². The lowest BCUT2D eigenvalue weighted by atomic mass is 9.72. The molecule has 1 aromatic carbocycles. The predicted molar refractivity (Wildman–Crippen MR) is 91.9 cm³/mol. The fourth-order valence-electron chi connectivity index (χ4n) is 2.97. The highest BCUT2D eigenvalue weighted by molar-refractivity contribution is 5.92. The molecule has 0 aliphatic rings. The molecule has 0 aliphatic carbocycles. The second-order valence-corrected chi connectivity index (χ2v) is 6.80. The molecule has 1 aromatic heterocycles. The SMILES string of the molecule is CC(C)(C)C(Cc1c[nH]c2cccc(C#N)c12)(OC(N)=O)C(=O)NN. The lowest BCUT2D eigenvalue weighted by molar-refractivity contribution is -0.152. The summed E-state index contributed by atoms with van der Waals surface area (Å²) in [6.45, 7) is 5.22. The predicted octanol–water partition coefficient (Wildman–Crippen LogP) is 1.45. The molecule has 2 amide bonds. The summed E-state index contributed by atoms with van der Waals surface area (Å²) >= 11 is 0. The topological polar surface area (TPSA) is 147 Å². The lowest BCUT2D eigenvalue weighted by Gasteiger charge is -2.41. The van der Waals surface area contributed by atoms with Crippen LogP contribution in [0.1, 0.15) is 31.9 Å². The van der Waals surface area contributed by atoms with Gasteiger partial charge in [-0.05, 0) is 17.7 Å². The maximum Gasteiger partial charge on any atom is 0.405 e. The Morgan fingerprint density at radius 3 is 2.56 bits per heavy atom. The number of nitriles is 1. The van der Waals surface area contributed by atoms with Gasteiger partial charge in [0.25, 0.3) is 5.91 Å². The summed E-state index contributed by atoms with van der Waals surface area (Å²) in [4.78, 5) is 27.2. The molecule has 0 spiro atoms. The first-order valence-corrected chi connectivity index (χ1v) is 7.65. The van der Waals surface area contributed by atoms with Crippen LogP contribution in [-0.2, 0) is 16.0 Å². The van der Waals surface area contributed by atoms with Crippen molar-refractivity contribution in [1.29, 1.82) is 5.26 Å². The van der Waals surface area contributed by atoms with Gasteiger partial charge >= 0.3 is 6.09 Å². The summed E-state index contributed by atoms with van der Waals surface area (Å²) in [5, 5.41) is 10.0. The fraction of sp³-hybridized carbons (Fsp3) is 0.353. The molecule has 132 valence electrons. The third kappa shape index (κ3) is 3.14. The van der Waals surface area contributed by atoms with Crippen molar-refractivity contribution in [1.82, 2.24) is 10.4 Å². The number of carbonyl (C=O) groups is 2. The van der Waals surface area contributed by atoms with Gasteiger partial charge in [-0.15, -0.1) is 0 Å². The van der Waals surface area contributed by atoms with E-state index in [1.54, 1.807) is 39.1 Å². The first-order chi connectivity index (χ1) is 11.7. The number of primary amides is 1. The van der Waals surface area contributed by atoms with E-state index in [0.717, 1.165) is 5.52 Å². The minimum Gasteiger partial charge on any atom is -0.432 e. The second-order valence-electron chi connectivity index (χ2n) is 6.80. The Morgan fingerprint density at radius 2 is 2.04 bits per heavy atom. The van der Waals surface area contributed by atoms with Gasteiger partial charge < -0.3 is 15.5 Å². The molecule has 1 unspecified atom stereocenters. The van der Waals surface area contributed by atoms with Crippen molar-refractivity contribution in [2.45, 2.75) is 32.8 Å². The Morgan fingerprint density at radius 1 is 1.36 bits per heavy atom. The number of nitrogens with one attached hydrogen (secondary N) is 2. The fourth-order valence-corrected chi connectivity index (χ4v) is 2.97. The Kier molecular flexibility index (Phi) is 4.72. The van der Waals surface area contributed by atoms with Gasteiger partial charge in [0, 0.05) is 28.9 Å². The van der Waals surface area contributed by atoms with E-state index >= 15 is 0 Å². The van der Waals surface area contributed by atoms with Crippen LogP contribution in [0.4, 0.5) is 4.79 Å². The smallest absolute Gasteiger partial charge is 0.405 e. The molecule has 0 radical (unpaired) electrons. The van der Waals surface area contributed by atoms with E-state index in [1.165, 1.54) is 0 Å². The summed E-state index contributed by atoms with van der Waals surface area (Å²) < 4.78 is 5.30. The normalized spacial score (nSPS) is 13.7. The third-order valence-electron chi connectivity index (χ3n) is 4.33. The molecule has 8 nitrogen and oxygen atoms in total. The highest BCUT2D eigenvalue weighted by atomic mass is 16.6. The van der Waals surface area contributed by atoms with Crippen molar-refractivity contribution < 1.29 is 14.3 Å².